The molecule has 2 heteroatoms. The van der Waals surface area contributed by atoms with Crippen molar-refractivity contribution >= 4 is 11.5 Å². The lowest BCUT2D eigenvalue weighted by Gasteiger charge is -1.98. The molecule has 0 saturated carbocycles. The number of rotatable bonds is 4. The Labute approximate surface area is 88.6 Å². The Hall–Kier alpha value is -1.15. The standard InChI is InChI=1S/C12H13NS/c1-2-5-11(6-3-1)7-4-8-12-9-10-14-13-12/h1-3,5-6,9-10H,4,7-8H2. The van der Waals surface area contributed by atoms with Gasteiger partial charge in [-0.15, -0.1) is 0 Å². The molecule has 72 valence electrons. The van der Waals surface area contributed by atoms with Gasteiger partial charge in [0.1, 0.15) is 0 Å². The summed E-state index contributed by atoms with van der Waals surface area (Å²) >= 11 is 1.54. The third-order valence-electron chi connectivity index (χ3n) is 2.23. The Balaban J connectivity index is 1.79. The molecule has 1 aromatic heterocycles. The fraction of sp³-hybridized carbons (Fsp3) is 0.250. The van der Waals surface area contributed by atoms with E-state index in [1.165, 1.54) is 29.2 Å². The highest BCUT2D eigenvalue weighted by Gasteiger charge is 1.96. The van der Waals surface area contributed by atoms with Gasteiger partial charge in [0.2, 0.25) is 0 Å². The van der Waals surface area contributed by atoms with Crippen molar-refractivity contribution in [3.8, 4) is 0 Å². The maximum absolute atomic E-state index is 4.29. The van der Waals surface area contributed by atoms with Gasteiger partial charge in [0.25, 0.3) is 0 Å². The van der Waals surface area contributed by atoms with Crippen LogP contribution in [0.5, 0.6) is 0 Å². The zero-order chi connectivity index (χ0) is 9.64. The highest BCUT2D eigenvalue weighted by Crippen LogP contribution is 2.07. The molecule has 1 aromatic carbocycles. The van der Waals surface area contributed by atoms with E-state index < -0.39 is 0 Å². The topological polar surface area (TPSA) is 12.9 Å². The summed E-state index contributed by atoms with van der Waals surface area (Å²) in [6.45, 7) is 0. The van der Waals surface area contributed by atoms with Gasteiger partial charge in [0.05, 0.1) is 5.69 Å². The highest BCUT2D eigenvalue weighted by atomic mass is 32.1. The molecular formula is C12H13NS. The van der Waals surface area contributed by atoms with Crippen molar-refractivity contribution in [1.29, 1.82) is 0 Å². The molecule has 2 aromatic rings. The summed E-state index contributed by atoms with van der Waals surface area (Å²) in [6, 6.07) is 12.7. The number of aromatic nitrogens is 1. The predicted octanol–water partition coefficient (Wildman–Crippen LogP) is 3.32. The van der Waals surface area contributed by atoms with Crippen LogP contribution in [0.15, 0.2) is 41.8 Å². The Morgan fingerprint density at radius 2 is 1.86 bits per heavy atom. The molecule has 2 rings (SSSR count). The van der Waals surface area contributed by atoms with E-state index in [-0.39, 0.29) is 0 Å². The first-order chi connectivity index (χ1) is 6.95. The van der Waals surface area contributed by atoms with Crippen molar-refractivity contribution < 1.29 is 0 Å². The van der Waals surface area contributed by atoms with Crippen LogP contribution in [0.3, 0.4) is 0 Å². The van der Waals surface area contributed by atoms with E-state index in [1.807, 2.05) is 5.38 Å². The quantitative estimate of drug-likeness (QED) is 0.743. The van der Waals surface area contributed by atoms with Gasteiger partial charge < -0.3 is 0 Å². The van der Waals surface area contributed by atoms with E-state index in [0.29, 0.717) is 0 Å². The minimum absolute atomic E-state index is 1.10. The Kier molecular flexibility index (Phi) is 3.30. The van der Waals surface area contributed by atoms with Gasteiger partial charge in [0, 0.05) is 5.38 Å². The zero-order valence-corrected chi connectivity index (χ0v) is 8.83. The monoisotopic (exact) mass is 203 g/mol. The molecule has 0 N–H and O–H groups in total. The number of aryl methyl sites for hydroxylation is 2. The van der Waals surface area contributed by atoms with E-state index in [4.69, 9.17) is 0 Å². The fourth-order valence-corrected chi connectivity index (χ4v) is 2.05. The summed E-state index contributed by atoms with van der Waals surface area (Å²) in [4.78, 5) is 0. The van der Waals surface area contributed by atoms with Gasteiger partial charge in [-0.2, -0.15) is 4.37 Å². The maximum Gasteiger partial charge on any atom is 0.0542 e. The first-order valence-corrected chi connectivity index (χ1v) is 5.72. The van der Waals surface area contributed by atoms with Crippen molar-refractivity contribution in [2.45, 2.75) is 19.3 Å². The smallest absolute Gasteiger partial charge is 0.0542 e. The largest absolute Gasteiger partial charge is 0.198 e. The molecule has 0 aliphatic rings. The van der Waals surface area contributed by atoms with Gasteiger partial charge in [-0.05, 0) is 42.4 Å². The van der Waals surface area contributed by atoms with Crippen LogP contribution in [0.4, 0.5) is 0 Å². The third-order valence-corrected chi connectivity index (χ3v) is 2.83. The van der Waals surface area contributed by atoms with Crippen LogP contribution in [0.1, 0.15) is 17.7 Å². The normalized spacial score (nSPS) is 10.3. The van der Waals surface area contributed by atoms with Gasteiger partial charge >= 0.3 is 0 Å². The van der Waals surface area contributed by atoms with Crippen molar-refractivity contribution in [3.05, 3.63) is 53.0 Å². The Bertz CT molecular complexity index is 353. The summed E-state index contributed by atoms with van der Waals surface area (Å²) in [7, 11) is 0. The first kappa shape index (κ1) is 9.41. The average molecular weight is 203 g/mol. The van der Waals surface area contributed by atoms with Crippen molar-refractivity contribution in [1.82, 2.24) is 4.37 Å². The minimum Gasteiger partial charge on any atom is -0.198 e. The van der Waals surface area contributed by atoms with Crippen LogP contribution in [0.2, 0.25) is 0 Å². The van der Waals surface area contributed by atoms with Gasteiger partial charge in [0.15, 0.2) is 0 Å². The molecule has 1 nitrogen and oxygen atoms in total. The highest BCUT2D eigenvalue weighted by molar-refractivity contribution is 7.03. The Morgan fingerprint density at radius 3 is 2.57 bits per heavy atom. The van der Waals surface area contributed by atoms with Crippen molar-refractivity contribution in [3.63, 3.8) is 0 Å². The molecule has 0 bridgehead atoms. The zero-order valence-electron chi connectivity index (χ0n) is 8.02. The van der Waals surface area contributed by atoms with E-state index >= 15 is 0 Å². The molecule has 1 heterocycles. The molecule has 0 fully saturated rings. The van der Waals surface area contributed by atoms with E-state index in [9.17, 15) is 0 Å². The van der Waals surface area contributed by atoms with E-state index in [1.54, 1.807) is 0 Å². The van der Waals surface area contributed by atoms with Gasteiger partial charge in [-0.1, -0.05) is 30.3 Å². The second kappa shape index (κ2) is 4.91. The SMILES string of the molecule is c1ccc(CCCc2ccsn2)cc1. The molecule has 0 aliphatic heterocycles. The number of nitrogens with zero attached hydrogens (tertiary/aromatic N) is 1. The molecule has 0 atom stereocenters. The van der Waals surface area contributed by atoms with Crippen LogP contribution in [0, 0.1) is 0 Å². The number of benzene rings is 1. The number of hydrogen-bond donors (Lipinski definition) is 0. The van der Waals surface area contributed by atoms with Crippen molar-refractivity contribution in [2.24, 2.45) is 0 Å². The number of hydrogen-bond acceptors (Lipinski definition) is 2. The van der Waals surface area contributed by atoms with E-state index in [2.05, 4.69) is 40.8 Å². The van der Waals surface area contributed by atoms with Crippen LogP contribution < -0.4 is 0 Å². The van der Waals surface area contributed by atoms with Crippen LogP contribution in [-0.2, 0) is 12.8 Å². The summed E-state index contributed by atoms with van der Waals surface area (Å²) in [5.41, 5.74) is 2.65. The molecule has 0 spiro atoms. The second-order valence-corrected chi connectivity index (χ2v) is 4.00. The molecular weight excluding hydrogens is 190 g/mol. The lowest BCUT2D eigenvalue weighted by atomic mass is 10.1. The molecule has 0 unspecified atom stereocenters. The molecule has 0 radical (unpaired) electrons. The van der Waals surface area contributed by atoms with Crippen LogP contribution in [-0.4, -0.2) is 4.37 Å². The lowest BCUT2D eigenvalue weighted by Crippen LogP contribution is -1.89. The summed E-state index contributed by atoms with van der Waals surface area (Å²) in [5.74, 6) is 0. The van der Waals surface area contributed by atoms with Crippen LogP contribution >= 0.6 is 11.5 Å². The molecule has 0 saturated heterocycles. The lowest BCUT2D eigenvalue weighted by molar-refractivity contribution is 0.808. The third kappa shape index (κ3) is 2.67. The first-order valence-electron chi connectivity index (χ1n) is 4.88. The maximum atomic E-state index is 4.29. The fourth-order valence-electron chi connectivity index (χ4n) is 1.48. The van der Waals surface area contributed by atoms with Crippen molar-refractivity contribution in [2.75, 3.05) is 0 Å². The second-order valence-electron chi connectivity index (χ2n) is 3.33. The average Bonchev–Trinajstić information content (AvgIpc) is 2.72. The molecule has 0 aliphatic carbocycles. The minimum atomic E-state index is 1.10. The van der Waals surface area contributed by atoms with Gasteiger partial charge in [-0.3, -0.25) is 0 Å². The summed E-state index contributed by atoms with van der Waals surface area (Å²) in [5, 5.41) is 2.04. The van der Waals surface area contributed by atoms with E-state index in [0.717, 1.165) is 12.8 Å². The molecule has 14 heavy (non-hydrogen) atoms. The molecule has 0 amide bonds. The van der Waals surface area contributed by atoms with Crippen LogP contribution in [0.25, 0.3) is 0 Å². The van der Waals surface area contributed by atoms with Gasteiger partial charge in [-0.25, -0.2) is 0 Å². The summed E-state index contributed by atoms with van der Waals surface area (Å²) in [6.07, 6.45) is 3.44. The Morgan fingerprint density at radius 1 is 1.00 bits per heavy atom. The predicted molar refractivity (Wildman–Crippen MR) is 60.6 cm³/mol. The summed E-state index contributed by atoms with van der Waals surface area (Å²) < 4.78 is 4.29.